The van der Waals surface area contributed by atoms with Crippen molar-refractivity contribution in [2.45, 2.75) is 51.2 Å². The predicted octanol–water partition coefficient (Wildman–Crippen LogP) is 5.74. The van der Waals surface area contributed by atoms with Crippen molar-refractivity contribution in [3.05, 3.63) is 28.8 Å². The molecule has 1 nitrogen and oxygen atoms in total. The zero-order chi connectivity index (χ0) is 14.8. The van der Waals surface area contributed by atoms with Gasteiger partial charge in [-0.15, -0.1) is 0 Å². The summed E-state index contributed by atoms with van der Waals surface area (Å²) in [5.74, 6) is 0.788. The number of alkyl halides is 3. The van der Waals surface area contributed by atoms with E-state index in [1.54, 1.807) is 0 Å². The molecule has 1 aliphatic rings. The van der Waals surface area contributed by atoms with Crippen LogP contribution in [0.4, 0.5) is 18.9 Å². The van der Waals surface area contributed by atoms with Crippen LogP contribution in [-0.4, -0.2) is 6.04 Å². The molecule has 0 radical (unpaired) electrons. The van der Waals surface area contributed by atoms with E-state index in [4.69, 9.17) is 11.6 Å². The molecule has 0 heterocycles. The largest absolute Gasteiger partial charge is 0.416 e. The Kier molecular flexibility index (Phi) is 4.84. The van der Waals surface area contributed by atoms with Gasteiger partial charge < -0.3 is 5.32 Å². The smallest absolute Gasteiger partial charge is 0.381 e. The molecule has 1 N–H and O–H groups in total. The maximum Gasteiger partial charge on any atom is 0.416 e. The van der Waals surface area contributed by atoms with Crippen LogP contribution in [0.25, 0.3) is 0 Å². The van der Waals surface area contributed by atoms with Gasteiger partial charge in [-0.1, -0.05) is 24.9 Å². The molecule has 1 aromatic carbocycles. The van der Waals surface area contributed by atoms with Crippen molar-refractivity contribution in [2.24, 2.45) is 5.92 Å². The zero-order valence-corrected chi connectivity index (χ0v) is 12.2. The second kappa shape index (κ2) is 6.25. The van der Waals surface area contributed by atoms with Crippen molar-refractivity contribution in [1.82, 2.24) is 0 Å². The standard InChI is InChI=1S/C15H19ClF3N/c1-2-10-3-6-12(7-4-10)20-14-8-5-11(9-13(14)16)15(17,18)19/h5,8-10,12,20H,2-4,6-7H2,1H3. The van der Waals surface area contributed by atoms with E-state index in [-0.39, 0.29) is 5.02 Å². The number of nitrogens with one attached hydrogen (secondary N) is 1. The fourth-order valence-electron chi connectivity index (χ4n) is 2.74. The molecule has 0 spiro atoms. The lowest BCUT2D eigenvalue weighted by Crippen LogP contribution is -2.26. The van der Waals surface area contributed by atoms with E-state index in [2.05, 4.69) is 12.2 Å². The summed E-state index contributed by atoms with van der Waals surface area (Å²) in [6.07, 6.45) is 1.31. The quantitative estimate of drug-likeness (QED) is 0.751. The second-order valence-corrected chi connectivity index (χ2v) is 5.87. The summed E-state index contributed by atoms with van der Waals surface area (Å²) in [6.45, 7) is 2.20. The Morgan fingerprint density at radius 2 is 1.85 bits per heavy atom. The van der Waals surface area contributed by atoms with Crippen molar-refractivity contribution in [2.75, 3.05) is 5.32 Å². The molecule has 2 rings (SSSR count). The van der Waals surface area contributed by atoms with Gasteiger partial charge in [0.1, 0.15) is 0 Å². The topological polar surface area (TPSA) is 12.0 Å². The number of hydrogen-bond acceptors (Lipinski definition) is 1. The van der Waals surface area contributed by atoms with Crippen LogP contribution in [0.5, 0.6) is 0 Å². The monoisotopic (exact) mass is 305 g/mol. The van der Waals surface area contributed by atoms with Gasteiger partial charge in [0.25, 0.3) is 0 Å². The van der Waals surface area contributed by atoms with Gasteiger partial charge in [0.05, 0.1) is 16.3 Å². The van der Waals surface area contributed by atoms with Crippen LogP contribution in [0.3, 0.4) is 0 Å². The molecule has 1 aliphatic carbocycles. The molecular formula is C15H19ClF3N. The van der Waals surface area contributed by atoms with E-state index in [1.165, 1.54) is 25.3 Å². The van der Waals surface area contributed by atoms with Crippen LogP contribution < -0.4 is 5.32 Å². The average Bonchev–Trinajstić information content (AvgIpc) is 2.41. The minimum atomic E-state index is -4.35. The molecule has 0 amide bonds. The number of halogens is 4. The highest BCUT2D eigenvalue weighted by Crippen LogP contribution is 2.35. The Morgan fingerprint density at radius 3 is 2.35 bits per heavy atom. The fraction of sp³-hybridized carbons (Fsp3) is 0.600. The molecule has 1 aromatic rings. The van der Waals surface area contributed by atoms with Crippen LogP contribution in [0.2, 0.25) is 5.02 Å². The maximum atomic E-state index is 12.6. The minimum Gasteiger partial charge on any atom is -0.381 e. The van der Waals surface area contributed by atoms with Gasteiger partial charge in [0.2, 0.25) is 0 Å². The molecule has 1 fully saturated rings. The summed E-state index contributed by atoms with van der Waals surface area (Å²) in [7, 11) is 0. The van der Waals surface area contributed by atoms with Crippen molar-refractivity contribution >= 4 is 17.3 Å². The Morgan fingerprint density at radius 1 is 1.20 bits per heavy atom. The third-order valence-corrected chi connectivity index (χ3v) is 4.39. The van der Waals surface area contributed by atoms with Gasteiger partial charge in [0.15, 0.2) is 0 Å². The molecule has 0 aromatic heterocycles. The first-order chi connectivity index (χ1) is 9.40. The highest BCUT2D eigenvalue weighted by molar-refractivity contribution is 6.33. The molecule has 0 saturated heterocycles. The van der Waals surface area contributed by atoms with Crippen molar-refractivity contribution < 1.29 is 13.2 Å². The van der Waals surface area contributed by atoms with Gasteiger partial charge in [0, 0.05) is 6.04 Å². The lowest BCUT2D eigenvalue weighted by Gasteiger charge is -2.29. The van der Waals surface area contributed by atoms with E-state index < -0.39 is 11.7 Å². The Labute approximate surface area is 122 Å². The average molecular weight is 306 g/mol. The number of hydrogen-bond donors (Lipinski definition) is 1. The third-order valence-electron chi connectivity index (χ3n) is 4.08. The van der Waals surface area contributed by atoms with Crippen LogP contribution in [0, 0.1) is 5.92 Å². The molecule has 0 unspecified atom stereocenters. The molecular weight excluding hydrogens is 287 g/mol. The Hall–Kier alpha value is -0.900. The maximum absolute atomic E-state index is 12.6. The van der Waals surface area contributed by atoms with Gasteiger partial charge in [-0.2, -0.15) is 13.2 Å². The van der Waals surface area contributed by atoms with E-state index in [0.717, 1.165) is 30.9 Å². The summed E-state index contributed by atoms with van der Waals surface area (Å²) in [5, 5.41) is 3.41. The first kappa shape index (κ1) is 15.5. The summed E-state index contributed by atoms with van der Waals surface area (Å²) in [5.41, 5.74) is -0.109. The van der Waals surface area contributed by atoms with Gasteiger partial charge >= 0.3 is 6.18 Å². The molecule has 0 atom stereocenters. The van der Waals surface area contributed by atoms with Crippen LogP contribution >= 0.6 is 11.6 Å². The first-order valence-corrected chi connectivity index (χ1v) is 7.41. The molecule has 1 saturated carbocycles. The highest BCUT2D eigenvalue weighted by atomic mass is 35.5. The third kappa shape index (κ3) is 3.81. The molecule has 20 heavy (non-hydrogen) atoms. The van der Waals surface area contributed by atoms with Crippen molar-refractivity contribution in [3.63, 3.8) is 0 Å². The van der Waals surface area contributed by atoms with Crippen molar-refractivity contribution in [1.29, 1.82) is 0 Å². The molecule has 0 bridgehead atoms. The van der Waals surface area contributed by atoms with E-state index >= 15 is 0 Å². The van der Waals surface area contributed by atoms with Gasteiger partial charge in [-0.3, -0.25) is 0 Å². The lowest BCUT2D eigenvalue weighted by atomic mass is 9.84. The summed E-state index contributed by atoms with van der Waals surface area (Å²) < 4.78 is 37.7. The normalized spacial score (nSPS) is 23.6. The molecule has 5 heteroatoms. The number of rotatable bonds is 3. The van der Waals surface area contributed by atoms with Crippen LogP contribution in [0.15, 0.2) is 18.2 Å². The Bertz CT molecular complexity index is 451. The summed E-state index contributed by atoms with van der Waals surface area (Å²) in [4.78, 5) is 0. The fourth-order valence-corrected chi connectivity index (χ4v) is 2.98. The number of anilines is 1. The molecule has 112 valence electrons. The van der Waals surface area contributed by atoms with E-state index in [0.29, 0.717) is 11.7 Å². The predicted molar refractivity (Wildman–Crippen MR) is 76.1 cm³/mol. The second-order valence-electron chi connectivity index (χ2n) is 5.46. The van der Waals surface area contributed by atoms with E-state index in [1.807, 2.05) is 0 Å². The van der Waals surface area contributed by atoms with Crippen molar-refractivity contribution in [3.8, 4) is 0 Å². The van der Waals surface area contributed by atoms with Gasteiger partial charge in [-0.25, -0.2) is 0 Å². The van der Waals surface area contributed by atoms with Crippen LogP contribution in [0.1, 0.15) is 44.6 Å². The molecule has 0 aliphatic heterocycles. The highest BCUT2D eigenvalue weighted by Gasteiger charge is 2.31. The minimum absolute atomic E-state index is 0.137. The first-order valence-electron chi connectivity index (χ1n) is 7.03. The lowest BCUT2D eigenvalue weighted by molar-refractivity contribution is -0.137. The Balaban J connectivity index is 2.00. The SMILES string of the molecule is CCC1CCC(Nc2ccc(C(F)(F)F)cc2Cl)CC1. The van der Waals surface area contributed by atoms with Crippen LogP contribution in [-0.2, 0) is 6.18 Å². The zero-order valence-electron chi connectivity index (χ0n) is 11.4. The number of benzene rings is 1. The summed E-state index contributed by atoms with van der Waals surface area (Å²) in [6, 6.07) is 3.80. The summed E-state index contributed by atoms with van der Waals surface area (Å²) >= 11 is 5.95. The van der Waals surface area contributed by atoms with E-state index in [9.17, 15) is 13.2 Å². The van der Waals surface area contributed by atoms with Gasteiger partial charge in [-0.05, 0) is 49.8 Å².